The minimum Gasteiger partial charge on any atom is -0.385 e. The largest absolute Gasteiger partial charge is 0.385 e. The summed E-state index contributed by atoms with van der Waals surface area (Å²) in [7, 11) is 0. The van der Waals surface area contributed by atoms with E-state index in [-0.39, 0.29) is 0 Å². The number of hydrogen-bond donors (Lipinski definition) is 2. The summed E-state index contributed by atoms with van der Waals surface area (Å²) in [6, 6.07) is 6.66. The Labute approximate surface area is 104 Å². The summed E-state index contributed by atoms with van der Waals surface area (Å²) in [5.41, 5.74) is 4.39. The lowest BCUT2D eigenvalue weighted by atomic mass is 9.97. The molecule has 1 saturated carbocycles. The first kappa shape index (κ1) is 11.1. The van der Waals surface area contributed by atoms with Crippen LogP contribution < -0.4 is 10.6 Å². The molecule has 0 bridgehead atoms. The fourth-order valence-electron chi connectivity index (χ4n) is 2.69. The van der Waals surface area contributed by atoms with Crippen molar-refractivity contribution >= 4 is 5.69 Å². The van der Waals surface area contributed by atoms with E-state index in [1.807, 2.05) is 0 Å². The maximum atomic E-state index is 3.60. The second kappa shape index (κ2) is 5.09. The number of fused-ring (bicyclic) bond motifs is 1. The zero-order valence-corrected chi connectivity index (χ0v) is 10.5. The van der Waals surface area contributed by atoms with Gasteiger partial charge in [0.05, 0.1) is 0 Å². The fourth-order valence-corrected chi connectivity index (χ4v) is 2.69. The van der Waals surface area contributed by atoms with Crippen LogP contribution in [0.25, 0.3) is 0 Å². The molecule has 1 heterocycles. The van der Waals surface area contributed by atoms with E-state index < -0.39 is 0 Å². The van der Waals surface area contributed by atoms with E-state index in [0.29, 0.717) is 0 Å². The topological polar surface area (TPSA) is 24.1 Å². The minimum atomic E-state index is 1.04. The van der Waals surface area contributed by atoms with Gasteiger partial charge in [-0.3, -0.25) is 0 Å². The maximum Gasteiger partial charge on any atom is 0.0375 e. The molecule has 0 atom stereocenters. The predicted octanol–water partition coefficient (Wildman–Crippen LogP) is 2.93. The van der Waals surface area contributed by atoms with E-state index in [4.69, 9.17) is 0 Å². The quantitative estimate of drug-likeness (QED) is 0.760. The van der Waals surface area contributed by atoms with Crippen LogP contribution in [0.3, 0.4) is 0 Å². The summed E-state index contributed by atoms with van der Waals surface area (Å²) in [5.74, 6) is 1.04. The second-order valence-electron chi connectivity index (χ2n) is 5.38. The Balaban J connectivity index is 1.57. The SMILES string of the molecule is c1cc(CNCCC2CC2)c2c(c1)NCCC2. The van der Waals surface area contributed by atoms with Crippen molar-refractivity contribution in [3.63, 3.8) is 0 Å². The summed E-state index contributed by atoms with van der Waals surface area (Å²) in [5, 5.41) is 7.09. The van der Waals surface area contributed by atoms with Gasteiger partial charge in [0.25, 0.3) is 0 Å². The van der Waals surface area contributed by atoms with Crippen LogP contribution in [0.15, 0.2) is 18.2 Å². The number of anilines is 1. The molecule has 0 amide bonds. The summed E-state index contributed by atoms with van der Waals surface area (Å²) >= 11 is 0. The first-order valence-corrected chi connectivity index (χ1v) is 6.99. The van der Waals surface area contributed by atoms with Gasteiger partial charge in [0.15, 0.2) is 0 Å². The molecule has 0 aromatic heterocycles. The van der Waals surface area contributed by atoms with Gasteiger partial charge in [-0.15, -0.1) is 0 Å². The maximum absolute atomic E-state index is 3.60. The highest BCUT2D eigenvalue weighted by molar-refractivity contribution is 5.56. The van der Waals surface area contributed by atoms with Gasteiger partial charge < -0.3 is 10.6 Å². The van der Waals surface area contributed by atoms with Crippen molar-refractivity contribution in [2.75, 3.05) is 18.4 Å². The minimum absolute atomic E-state index is 1.04. The second-order valence-corrected chi connectivity index (χ2v) is 5.38. The molecule has 0 unspecified atom stereocenters. The Bertz CT molecular complexity index is 383. The molecule has 0 spiro atoms. The van der Waals surface area contributed by atoms with Gasteiger partial charge in [-0.05, 0) is 48.9 Å². The van der Waals surface area contributed by atoms with Crippen LogP contribution in [0.5, 0.6) is 0 Å². The summed E-state index contributed by atoms with van der Waals surface area (Å²) in [6.45, 7) is 3.35. The van der Waals surface area contributed by atoms with Gasteiger partial charge in [0.2, 0.25) is 0 Å². The predicted molar refractivity (Wildman–Crippen MR) is 72.3 cm³/mol. The van der Waals surface area contributed by atoms with Crippen LogP contribution in [0.2, 0.25) is 0 Å². The van der Waals surface area contributed by atoms with Crippen molar-refractivity contribution in [2.45, 2.75) is 38.6 Å². The van der Waals surface area contributed by atoms with E-state index in [0.717, 1.165) is 19.0 Å². The lowest BCUT2D eigenvalue weighted by Crippen LogP contribution is -2.19. The van der Waals surface area contributed by atoms with Crippen molar-refractivity contribution in [3.05, 3.63) is 29.3 Å². The molecular formula is C15H22N2. The molecule has 1 aliphatic heterocycles. The van der Waals surface area contributed by atoms with Crippen LogP contribution in [0.4, 0.5) is 5.69 Å². The van der Waals surface area contributed by atoms with Crippen LogP contribution in [-0.2, 0) is 13.0 Å². The number of rotatable bonds is 5. The molecule has 0 saturated heterocycles. The number of hydrogen-bond acceptors (Lipinski definition) is 2. The normalized spacial score (nSPS) is 18.6. The average Bonchev–Trinajstić information content (AvgIpc) is 3.19. The molecule has 1 aromatic carbocycles. The molecule has 1 fully saturated rings. The average molecular weight is 230 g/mol. The third-order valence-corrected chi connectivity index (χ3v) is 3.93. The lowest BCUT2D eigenvalue weighted by Gasteiger charge is -2.21. The Morgan fingerprint density at radius 2 is 2.24 bits per heavy atom. The molecule has 17 heavy (non-hydrogen) atoms. The van der Waals surface area contributed by atoms with Gasteiger partial charge in [-0.25, -0.2) is 0 Å². The first-order chi connectivity index (χ1) is 8.43. The zero-order chi connectivity index (χ0) is 11.5. The third-order valence-electron chi connectivity index (χ3n) is 3.93. The molecule has 92 valence electrons. The number of nitrogens with one attached hydrogen (secondary N) is 2. The Morgan fingerprint density at radius 1 is 1.29 bits per heavy atom. The molecular weight excluding hydrogens is 208 g/mol. The van der Waals surface area contributed by atoms with E-state index in [2.05, 4.69) is 28.8 Å². The van der Waals surface area contributed by atoms with Crippen molar-refractivity contribution in [2.24, 2.45) is 5.92 Å². The van der Waals surface area contributed by atoms with Crippen LogP contribution in [0.1, 0.15) is 36.8 Å². The Morgan fingerprint density at radius 3 is 3.12 bits per heavy atom. The van der Waals surface area contributed by atoms with Gasteiger partial charge >= 0.3 is 0 Å². The van der Waals surface area contributed by atoms with E-state index >= 15 is 0 Å². The van der Waals surface area contributed by atoms with Crippen LogP contribution >= 0.6 is 0 Å². The van der Waals surface area contributed by atoms with Crippen molar-refractivity contribution in [1.29, 1.82) is 0 Å². The fraction of sp³-hybridized carbons (Fsp3) is 0.600. The smallest absolute Gasteiger partial charge is 0.0375 e. The molecule has 2 aliphatic rings. The third kappa shape index (κ3) is 2.81. The lowest BCUT2D eigenvalue weighted by molar-refractivity contribution is 0.609. The molecule has 1 aliphatic carbocycles. The molecule has 0 radical (unpaired) electrons. The molecule has 2 nitrogen and oxygen atoms in total. The van der Waals surface area contributed by atoms with Gasteiger partial charge in [-0.2, -0.15) is 0 Å². The highest BCUT2D eigenvalue weighted by Crippen LogP contribution is 2.31. The summed E-state index contributed by atoms with van der Waals surface area (Å²) < 4.78 is 0. The zero-order valence-electron chi connectivity index (χ0n) is 10.5. The number of benzene rings is 1. The molecule has 1 aromatic rings. The van der Waals surface area contributed by atoms with Gasteiger partial charge in [0.1, 0.15) is 0 Å². The van der Waals surface area contributed by atoms with Gasteiger partial charge in [0, 0.05) is 18.8 Å². The summed E-state index contributed by atoms with van der Waals surface area (Å²) in [4.78, 5) is 0. The van der Waals surface area contributed by atoms with Crippen molar-refractivity contribution in [1.82, 2.24) is 5.32 Å². The standard InChI is InChI=1S/C15H22N2/c1-3-13(11-16-10-8-12-6-7-12)14-4-2-9-17-15(14)5-1/h1,3,5,12,16-17H,2,4,6-11H2. The van der Waals surface area contributed by atoms with Crippen molar-refractivity contribution in [3.8, 4) is 0 Å². The van der Waals surface area contributed by atoms with Crippen molar-refractivity contribution < 1.29 is 0 Å². The van der Waals surface area contributed by atoms with Gasteiger partial charge in [-0.1, -0.05) is 25.0 Å². The monoisotopic (exact) mass is 230 g/mol. The first-order valence-electron chi connectivity index (χ1n) is 6.99. The van der Waals surface area contributed by atoms with Crippen LogP contribution in [0, 0.1) is 5.92 Å². The highest BCUT2D eigenvalue weighted by Gasteiger charge is 2.20. The molecule has 2 N–H and O–H groups in total. The van der Waals surface area contributed by atoms with E-state index in [1.165, 1.54) is 55.5 Å². The highest BCUT2D eigenvalue weighted by atomic mass is 14.9. The summed E-state index contributed by atoms with van der Waals surface area (Å²) in [6.07, 6.45) is 6.81. The molecule has 2 heteroatoms. The molecule has 3 rings (SSSR count). The van der Waals surface area contributed by atoms with E-state index in [1.54, 1.807) is 0 Å². The Hall–Kier alpha value is -1.02. The van der Waals surface area contributed by atoms with Crippen LogP contribution in [-0.4, -0.2) is 13.1 Å². The Kier molecular flexibility index (Phi) is 3.32. The van der Waals surface area contributed by atoms with E-state index in [9.17, 15) is 0 Å².